The van der Waals surface area contributed by atoms with E-state index in [1.807, 2.05) is 13.0 Å². The molecule has 1 N–H and O–H groups in total. The molecule has 120 valence electrons. The number of allylic oxidation sites excluding steroid dienone is 1. The summed E-state index contributed by atoms with van der Waals surface area (Å²) in [6, 6.07) is 12.4. The Kier molecular flexibility index (Phi) is 4.67. The zero-order chi connectivity index (χ0) is 16.6. The Balaban J connectivity index is 1.99. The van der Waals surface area contributed by atoms with E-state index in [4.69, 9.17) is 23.2 Å². The van der Waals surface area contributed by atoms with Gasteiger partial charge in [0.05, 0.1) is 0 Å². The summed E-state index contributed by atoms with van der Waals surface area (Å²) in [6.45, 7) is 7.64. The lowest BCUT2D eigenvalue weighted by Crippen LogP contribution is -2.31. The zero-order valence-corrected chi connectivity index (χ0v) is 14.9. The van der Waals surface area contributed by atoms with Gasteiger partial charge in [0.2, 0.25) is 0 Å². The average molecular weight is 347 g/mol. The lowest BCUT2D eigenvalue weighted by atomic mass is 9.84. The Hall–Kier alpha value is -1.48. The van der Waals surface area contributed by atoms with E-state index in [-0.39, 0.29) is 5.92 Å². The van der Waals surface area contributed by atoms with E-state index in [2.05, 4.69) is 54.2 Å². The molecule has 23 heavy (non-hydrogen) atoms. The number of nitrogens with zero attached hydrogens (tertiary/aromatic N) is 1. The van der Waals surface area contributed by atoms with Crippen molar-refractivity contribution in [1.82, 2.24) is 4.90 Å². The molecule has 2 aromatic carbocycles. The molecule has 1 atom stereocenters. The van der Waals surface area contributed by atoms with Gasteiger partial charge in [-0.15, -0.1) is 0 Å². The number of hydrogen-bond acceptors (Lipinski definition) is 2. The fourth-order valence-electron chi connectivity index (χ4n) is 3.18. The van der Waals surface area contributed by atoms with Crippen molar-refractivity contribution >= 4 is 28.9 Å². The molecule has 2 aromatic rings. The smallest absolute Gasteiger partial charge is 0.0468 e. The van der Waals surface area contributed by atoms with Crippen molar-refractivity contribution in [1.29, 1.82) is 0 Å². The number of hydrogen-bond donors (Lipinski definition) is 1. The summed E-state index contributed by atoms with van der Waals surface area (Å²) in [6.07, 6.45) is 0. The van der Waals surface area contributed by atoms with Crippen molar-refractivity contribution < 1.29 is 0 Å². The third-order valence-corrected chi connectivity index (χ3v) is 4.72. The fraction of sp³-hybridized carbons (Fsp3) is 0.263. The van der Waals surface area contributed by atoms with Crippen molar-refractivity contribution in [2.45, 2.75) is 19.4 Å². The highest BCUT2D eigenvalue weighted by Gasteiger charge is 2.26. The van der Waals surface area contributed by atoms with Crippen molar-refractivity contribution in [2.75, 3.05) is 18.9 Å². The first kappa shape index (κ1) is 16.4. The lowest BCUT2D eigenvalue weighted by Gasteiger charge is -2.33. The first-order valence-electron chi connectivity index (χ1n) is 7.63. The molecule has 1 heterocycles. The molecule has 0 aliphatic carbocycles. The zero-order valence-electron chi connectivity index (χ0n) is 13.4. The minimum Gasteiger partial charge on any atom is -0.360 e. The topological polar surface area (TPSA) is 15.3 Å². The van der Waals surface area contributed by atoms with Gasteiger partial charge in [0.25, 0.3) is 0 Å². The Morgan fingerprint density at radius 1 is 1.22 bits per heavy atom. The van der Waals surface area contributed by atoms with E-state index in [0.717, 1.165) is 29.5 Å². The highest BCUT2D eigenvalue weighted by Crippen LogP contribution is 2.38. The van der Waals surface area contributed by atoms with Crippen LogP contribution in [0.5, 0.6) is 0 Å². The highest BCUT2D eigenvalue weighted by atomic mass is 35.5. The van der Waals surface area contributed by atoms with E-state index >= 15 is 0 Å². The van der Waals surface area contributed by atoms with Gasteiger partial charge in [0, 0.05) is 40.4 Å². The van der Waals surface area contributed by atoms with Crippen molar-refractivity contribution in [3.05, 3.63) is 75.4 Å². The monoisotopic (exact) mass is 346 g/mol. The molecule has 0 amide bonds. The van der Waals surface area contributed by atoms with E-state index in [1.165, 1.54) is 16.7 Å². The minimum atomic E-state index is 0.277. The van der Waals surface area contributed by atoms with Gasteiger partial charge in [-0.3, -0.25) is 0 Å². The van der Waals surface area contributed by atoms with Gasteiger partial charge in [-0.1, -0.05) is 41.9 Å². The summed E-state index contributed by atoms with van der Waals surface area (Å²) in [5.41, 5.74) is 5.66. The number of anilines is 1. The van der Waals surface area contributed by atoms with Crippen LogP contribution in [0.4, 0.5) is 5.69 Å². The van der Waals surface area contributed by atoms with Gasteiger partial charge in [0.1, 0.15) is 0 Å². The predicted molar refractivity (Wildman–Crippen MR) is 99.5 cm³/mol. The molecular weight excluding hydrogens is 327 g/mol. The second kappa shape index (κ2) is 6.56. The Bertz CT molecular complexity index is 738. The summed E-state index contributed by atoms with van der Waals surface area (Å²) < 4.78 is 0. The molecule has 3 rings (SSSR count). The standard InChI is InChI=1S/C19H20Cl2N2/c1-12(2)22-15-6-4-13(5-7-15)17-10-23(3)11-18-16(17)8-14(20)9-19(18)21/h4-9,17,22H,1,10-11H2,2-3H3. The summed E-state index contributed by atoms with van der Waals surface area (Å²) in [5.74, 6) is 0.277. The molecule has 0 saturated heterocycles. The van der Waals surface area contributed by atoms with Crippen LogP contribution in [-0.2, 0) is 6.54 Å². The maximum Gasteiger partial charge on any atom is 0.0468 e. The van der Waals surface area contributed by atoms with Crippen LogP contribution in [0.1, 0.15) is 29.5 Å². The lowest BCUT2D eigenvalue weighted by molar-refractivity contribution is 0.295. The van der Waals surface area contributed by atoms with Crippen LogP contribution in [-0.4, -0.2) is 18.5 Å². The van der Waals surface area contributed by atoms with Gasteiger partial charge in [0.15, 0.2) is 0 Å². The summed E-state index contributed by atoms with van der Waals surface area (Å²) in [7, 11) is 2.12. The maximum absolute atomic E-state index is 6.42. The van der Waals surface area contributed by atoms with E-state index < -0.39 is 0 Å². The fourth-order valence-corrected chi connectivity index (χ4v) is 3.74. The highest BCUT2D eigenvalue weighted by molar-refractivity contribution is 6.35. The number of nitrogens with one attached hydrogen (secondary N) is 1. The third kappa shape index (κ3) is 3.55. The molecule has 1 aliphatic heterocycles. The number of halogens is 2. The molecular formula is C19H20Cl2N2. The molecule has 1 unspecified atom stereocenters. The SMILES string of the molecule is C=C(C)Nc1ccc(C2CN(C)Cc3c(Cl)cc(Cl)cc32)cc1. The average Bonchev–Trinajstić information content (AvgIpc) is 2.48. The minimum absolute atomic E-state index is 0.277. The first-order chi connectivity index (χ1) is 10.9. The Morgan fingerprint density at radius 2 is 1.91 bits per heavy atom. The number of benzene rings is 2. The number of rotatable bonds is 3. The second-order valence-electron chi connectivity index (χ2n) is 6.23. The van der Waals surface area contributed by atoms with E-state index in [9.17, 15) is 0 Å². The van der Waals surface area contributed by atoms with Crippen molar-refractivity contribution in [2.24, 2.45) is 0 Å². The predicted octanol–water partition coefficient (Wildman–Crippen LogP) is 5.52. The van der Waals surface area contributed by atoms with E-state index in [1.54, 1.807) is 0 Å². The van der Waals surface area contributed by atoms with Crippen LogP contribution in [0.3, 0.4) is 0 Å². The van der Waals surface area contributed by atoms with Crippen LogP contribution in [0, 0.1) is 0 Å². The van der Waals surface area contributed by atoms with Crippen LogP contribution in [0.2, 0.25) is 10.0 Å². The summed E-state index contributed by atoms with van der Waals surface area (Å²) >= 11 is 12.7. The van der Waals surface area contributed by atoms with Gasteiger partial charge >= 0.3 is 0 Å². The second-order valence-corrected chi connectivity index (χ2v) is 7.08. The molecule has 0 fully saturated rings. The first-order valence-corrected chi connectivity index (χ1v) is 8.38. The maximum atomic E-state index is 6.42. The number of likely N-dealkylation sites (N-methyl/N-ethyl adjacent to an activating group) is 1. The van der Waals surface area contributed by atoms with Crippen LogP contribution < -0.4 is 5.32 Å². The van der Waals surface area contributed by atoms with Crippen LogP contribution in [0.15, 0.2) is 48.7 Å². The molecule has 0 bridgehead atoms. The van der Waals surface area contributed by atoms with Crippen LogP contribution in [0.25, 0.3) is 0 Å². The van der Waals surface area contributed by atoms with Gasteiger partial charge in [-0.25, -0.2) is 0 Å². The molecule has 0 saturated carbocycles. The van der Waals surface area contributed by atoms with Gasteiger partial charge < -0.3 is 10.2 Å². The van der Waals surface area contributed by atoms with Gasteiger partial charge in [-0.05, 0) is 54.9 Å². The van der Waals surface area contributed by atoms with Crippen molar-refractivity contribution in [3.8, 4) is 0 Å². The van der Waals surface area contributed by atoms with E-state index in [0.29, 0.717) is 5.02 Å². The molecule has 2 nitrogen and oxygen atoms in total. The van der Waals surface area contributed by atoms with Gasteiger partial charge in [-0.2, -0.15) is 0 Å². The van der Waals surface area contributed by atoms with Crippen LogP contribution >= 0.6 is 23.2 Å². The molecule has 1 aliphatic rings. The summed E-state index contributed by atoms with van der Waals surface area (Å²) in [5, 5.41) is 4.69. The molecule has 0 radical (unpaired) electrons. The third-order valence-electron chi connectivity index (χ3n) is 4.16. The molecule has 0 aromatic heterocycles. The number of fused-ring (bicyclic) bond motifs is 1. The Labute approximate surface area is 147 Å². The quantitative estimate of drug-likeness (QED) is 0.787. The van der Waals surface area contributed by atoms with Crippen molar-refractivity contribution in [3.63, 3.8) is 0 Å². The normalized spacial score (nSPS) is 17.7. The largest absolute Gasteiger partial charge is 0.360 e. The summed E-state index contributed by atoms with van der Waals surface area (Å²) in [4.78, 5) is 2.30. The molecule has 0 spiro atoms. The molecule has 4 heteroatoms. The Morgan fingerprint density at radius 3 is 2.57 bits per heavy atom.